The fourth-order valence-electron chi connectivity index (χ4n) is 4.90. The van der Waals surface area contributed by atoms with Gasteiger partial charge in [-0.15, -0.1) is 0 Å². The number of aliphatic hydroxyl groups is 4. The second-order valence-electron chi connectivity index (χ2n) is 9.62. The number of rotatable bonds is 7. The van der Waals surface area contributed by atoms with E-state index in [1.54, 1.807) is 0 Å². The third kappa shape index (κ3) is 5.12. The van der Waals surface area contributed by atoms with Gasteiger partial charge in [0.15, 0.2) is 0 Å². The van der Waals surface area contributed by atoms with Crippen molar-refractivity contribution in [2.24, 2.45) is 0 Å². The van der Waals surface area contributed by atoms with Gasteiger partial charge in [0.2, 0.25) is 0 Å². The zero-order chi connectivity index (χ0) is 25.2. The Kier molecular flexibility index (Phi) is 7.27. The lowest BCUT2D eigenvalue weighted by atomic mass is 9.89. The summed E-state index contributed by atoms with van der Waals surface area (Å²) >= 11 is 0. The molecule has 5 rings (SSSR count). The summed E-state index contributed by atoms with van der Waals surface area (Å²) in [5.74, 6) is 1.72. The Morgan fingerprint density at radius 2 is 1.69 bits per heavy atom. The molecule has 36 heavy (non-hydrogen) atoms. The average Bonchev–Trinajstić information content (AvgIpc) is 3.32. The molecule has 190 valence electrons. The third-order valence-corrected chi connectivity index (χ3v) is 7.06. The van der Waals surface area contributed by atoms with Crippen LogP contribution in [-0.2, 0) is 17.6 Å². The molecule has 2 aliphatic rings. The molecule has 0 unspecified atom stereocenters. The molecule has 0 saturated carbocycles. The highest BCUT2D eigenvalue weighted by molar-refractivity contribution is 5.39. The molecular formula is C29H32O7. The number of hydrogen-bond donors (Lipinski definition) is 4. The van der Waals surface area contributed by atoms with Crippen LogP contribution >= 0.6 is 0 Å². The maximum atomic E-state index is 10.5. The monoisotopic (exact) mass is 492 g/mol. The Balaban J connectivity index is 1.22. The first-order chi connectivity index (χ1) is 17.4. The minimum absolute atomic E-state index is 0.00915. The highest BCUT2D eigenvalue weighted by atomic mass is 16.5. The van der Waals surface area contributed by atoms with Crippen LogP contribution in [0.2, 0.25) is 0 Å². The first-order valence-corrected chi connectivity index (χ1v) is 12.3. The molecule has 0 aliphatic carbocycles. The summed E-state index contributed by atoms with van der Waals surface area (Å²) in [4.78, 5) is 0. The van der Waals surface area contributed by atoms with E-state index in [1.165, 1.54) is 5.56 Å². The van der Waals surface area contributed by atoms with Crippen molar-refractivity contribution in [2.75, 3.05) is 13.2 Å². The minimum atomic E-state index is -1.40. The number of para-hydroxylation sites is 1. The number of aliphatic hydroxyl groups excluding tert-OH is 4. The van der Waals surface area contributed by atoms with E-state index in [0.29, 0.717) is 18.6 Å². The van der Waals surface area contributed by atoms with Gasteiger partial charge in [-0.1, -0.05) is 48.5 Å². The molecule has 0 aromatic heterocycles. The van der Waals surface area contributed by atoms with Crippen LogP contribution in [0.4, 0.5) is 0 Å². The number of benzene rings is 3. The predicted molar refractivity (Wildman–Crippen MR) is 133 cm³/mol. The Labute approximate surface area is 210 Å². The summed E-state index contributed by atoms with van der Waals surface area (Å²) in [6, 6.07) is 21.8. The highest BCUT2D eigenvalue weighted by Gasteiger charge is 2.44. The van der Waals surface area contributed by atoms with E-state index in [4.69, 9.17) is 14.2 Å². The Morgan fingerprint density at radius 3 is 2.44 bits per heavy atom. The van der Waals surface area contributed by atoms with Gasteiger partial charge in [0.1, 0.15) is 54.7 Å². The zero-order valence-corrected chi connectivity index (χ0v) is 20.2. The lowest BCUT2D eigenvalue weighted by Gasteiger charge is -2.40. The van der Waals surface area contributed by atoms with Crippen molar-refractivity contribution in [1.82, 2.24) is 0 Å². The minimum Gasteiger partial charge on any atom is -0.490 e. The summed E-state index contributed by atoms with van der Waals surface area (Å²) < 4.78 is 17.6. The van der Waals surface area contributed by atoms with Crippen LogP contribution < -0.4 is 9.47 Å². The van der Waals surface area contributed by atoms with Crippen LogP contribution in [0.25, 0.3) is 0 Å². The topological polar surface area (TPSA) is 109 Å². The van der Waals surface area contributed by atoms with E-state index in [0.717, 1.165) is 34.6 Å². The molecule has 7 heteroatoms. The second-order valence-corrected chi connectivity index (χ2v) is 9.62. The van der Waals surface area contributed by atoms with Gasteiger partial charge in [-0.05, 0) is 59.4 Å². The van der Waals surface area contributed by atoms with Crippen LogP contribution in [0.3, 0.4) is 0 Å². The second kappa shape index (κ2) is 10.6. The molecule has 6 atom stereocenters. The van der Waals surface area contributed by atoms with Crippen LogP contribution in [0.15, 0.2) is 66.7 Å². The summed E-state index contributed by atoms with van der Waals surface area (Å²) in [6.45, 7) is 2.05. The number of ether oxygens (including phenoxy) is 3. The molecule has 1 fully saturated rings. The fourth-order valence-corrected chi connectivity index (χ4v) is 4.90. The smallest absolute Gasteiger partial charge is 0.137 e. The van der Waals surface area contributed by atoms with Gasteiger partial charge in [-0.2, -0.15) is 0 Å². The van der Waals surface area contributed by atoms with Crippen LogP contribution in [0, 0.1) is 6.92 Å². The van der Waals surface area contributed by atoms with E-state index < -0.39 is 37.1 Å². The number of hydrogen-bond acceptors (Lipinski definition) is 7. The predicted octanol–water partition coefficient (Wildman–Crippen LogP) is 2.48. The molecule has 4 N–H and O–H groups in total. The molecular weight excluding hydrogens is 460 g/mol. The first-order valence-electron chi connectivity index (χ1n) is 12.3. The van der Waals surface area contributed by atoms with Crippen LogP contribution in [0.1, 0.15) is 33.9 Å². The maximum absolute atomic E-state index is 10.5. The number of aryl methyl sites for hydroxylation is 1. The summed E-state index contributed by atoms with van der Waals surface area (Å²) in [7, 11) is 0. The lowest BCUT2D eigenvalue weighted by molar-refractivity contribution is -0.231. The molecule has 2 aliphatic heterocycles. The van der Waals surface area contributed by atoms with Crippen molar-refractivity contribution in [3.63, 3.8) is 0 Å². The van der Waals surface area contributed by atoms with E-state index in [-0.39, 0.29) is 6.10 Å². The van der Waals surface area contributed by atoms with Crippen molar-refractivity contribution in [3.8, 4) is 11.5 Å². The van der Waals surface area contributed by atoms with Gasteiger partial charge in [0.05, 0.1) is 6.61 Å². The molecule has 7 nitrogen and oxygen atoms in total. The van der Waals surface area contributed by atoms with Crippen molar-refractivity contribution in [2.45, 2.75) is 56.4 Å². The van der Waals surface area contributed by atoms with Gasteiger partial charge in [0, 0.05) is 6.42 Å². The normalized spacial score (nSPS) is 27.4. The third-order valence-electron chi connectivity index (χ3n) is 7.06. The summed E-state index contributed by atoms with van der Waals surface area (Å²) in [6.07, 6.45) is -4.34. The largest absolute Gasteiger partial charge is 0.490 e. The molecule has 0 radical (unpaired) electrons. The Hall–Kier alpha value is -2.94. The van der Waals surface area contributed by atoms with Gasteiger partial charge in [-0.3, -0.25) is 0 Å². The van der Waals surface area contributed by atoms with Crippen molar-refractivity contribution >= 4 is 0 Å². The van der Waals surface area contributed by atoms with E-state index in [1.807, 2.05) is 67.6 Å². The molecule has 1 saturated heterocycles. The summed E-state index contributed by atoms with van der Waals surface area (Å²) in [5, 5.41) is 40.2. The van der Waals surface area contributed by atoms with Crippen LogP contribution in [0.5, 0.6) is 11.5 Å². The summed E-state index contributed by atoms with van der Waals surface area (Å²) in [5.41, 5.74) is 5.13. The maximum Gasteiger partial charge on any atom is 0.137 e. The van der Waals surface area contributed by atoms with Crippen molar-refractivity contribution in [1.29, 1.82) is 0 Å². The quantitative estimate of drug-likeness (QED) is 0.401. The van der Waals surface area contributed by atoms with Crippen molar-refractivity contribution in [3.05, 3.63) is 94.5 Å². The molecule has 0 amide bonds. The van der Waals surface area contributed by atoms with Gasteiger partial charge < -0.3 is 34.6 Å². The number of fused-ring (bicyclic) bond motifs is 1. The van der Waals surface area contributed by atoms with Crippen molar-refractivity contribution < 1.29 is 34.6 Å². The van der Waals surface area contributed by atoms with E-state index >= 15 is 0 Å². The van der Waals surface area contributed by atoms with Gasteiger partial charge >= 0.3 is 0 Å². The Bertz CT molecular complexity index is 1150. The first kappa shape index (κ1) is 24.7. The van der Waals surface area contributed by atoms with E-state index in [2.05, 4.69) is 6.07 Å². The molecule has 3 aromatic rings. The SMILES string of the molecule is Cc1ccc([C@@H]2O[C@H](CO)[C@@H](O)[C@H](O)[C@H]2O)cc1Cc1ccc(OC[C@H]2Cc3ccccc3O2)cc1. The average molecular weight is 493 g/mol. The zero-order valence-electron chi connectivity index (χ0n) is 20.2. The molecule has 3 aromatic carbocycles. The fraction of sp³-hybridized carbons (Fsp3) is 0.379. The standard InChI is InChI=1S/C29H32O7/c1-17-6-9-20(29-28(33)27(32)26(31)25(15-30)36-29)13-21(17)12-18-7-10-22(11-8-18)34-16-23-14-19-4-2-3-5-24(19)35-23/h2-11,13,23,25-33H,12,14-16H2,1H3/t23-,25-,26-,27+,28-,29+/m1/s1. The van der Waals surface area contributed by atoms with E-state index in [9.17, 15) is 20.4 Å². The van der Waals surface area contributed by atoms with Gasteiger partial charge in [-0.25, -0.2) is 0 Å². The highest BCUT2D eigenvalue weighted by Crippen LogP contribution is 2.34. The Morgan fingerprint density at radius 1 is 0.917 bits per heavy atom. The van der Waals surface area contributed by atoms with Crippen LogP contribution in [-0.4, -0.2) is 64.2 Å². The molecule has 0 bridgehead atoms. The lowest BCUT2D eigenvalue weighted by Crippen LogP contribution is -2.55. The molecule has 2 heterocycles. The van der Waals surface area contributed by atoms with Gasteiger partial charge in [0.25, 0.3) is 0 Å². The molecule has 0 spiro atoms.